The van der Waals surface area contributed by atoms with Gasteiger partial charge in [-0.25, -0.2) is 9.50 Å². The molecule has 1 aromatic carbocycles. The second kappa shape index (κ2) is 8.28. The molecule has 0 radical (unpaired) electrons. The average molecular weight is 397 g/mol. The summed E-state index contributed by atoms with van der Waals surface area (Å²) in [4.78, 5) is 21.7. The lowest BCUT2D eigenvalue weighted by atomic mass is 10.1. The molecule has 1 aliphatic heterocycles. The number of thioether (sulfide) groups is 1. The summed E-state index contributed by atoms with van der Waals surface area (Å²) in [6.07, 6.45) is 2.11. The minimum atomic E-state index is -0.0130. The predicted molar refractivity (Wildman–Crippen MR) is 110 cm³/mol. The standard InChI is InChI=1S/C20H24N6OS/c1-13-10-14(2)26-19(22-13)24-20(25-26)28-12-15-6-3-4-8-17(15)18(27)23-16-7-5-9-21-11-16/h3-4,6,8,10,16,21H,5,7,9,11-12H2,1-2H3,(H,23,27)/t16-/m0/s1. The first kappa shape index (κ1) is 18.9. The van der Waals surface area contributed by atoms with E-state index in [1.54, 1.807) is 4.52 Å². The summed E-state index contributed by atoms with van der Waals surface area (Å²) in [6.45, 7) is 5.80. The molecule has 0 unspecified atom stereocenters. The van der Waals surface area contributed by atoms with Gasteiger partial charge in [0.1, 0.15) is 0 Å². The average Bonchev–Trinajstić information content (AvgIpc) is 3.10. The third kappa shape index (κ3) is 4.18. The smallest absolute Gasteiger partial charge is 0.253 e. The Morgan fingerprint density at radius 3 is 3.00 bits per heavy atom. The van der Waals surface area contributed by atoms with Crippen LogP contribution in [0, 0.1) is 13.8 Å². The van der Waals surface area contributed by atoms with Crippen LogP contribution in [0.4, 0.5) is 0 Å². The van der Waals surface area contributed by atoms with Crippen molar-refractivity contribution in [2.24, 2.45) is 0 Å². The quantitative estimate of drug-likeness (QED) is 0.645. The molecule has 7 nitrogen and oxygen atoms in total. The zero-order chi connectivity index (χ0) is 19.5. The van der Waals surface area contributed by atoms with E-state index in [4.69, 9.17) is 0 Å². The number of amides is 1. The van der Waals surface area contributed by atoms with E-state index in [0.29, 0.717) is 16.7 Å². The van der Waals surface area contributed by atoms with Gasteiger partial charge in [-0.1, -0.05) is 30.0 Å². The van der Waals surface area contributed by atoms with Gasteiger partial charge < -0.3 is 10.6 Å². The molecule has 0 bridgehead atoms. The van der Waals surface area contributed by atoms with Crippen molar-refractivity contribution in [1.82, 2.24) is 30.2 Å². The van der Waals surface area contributed by atoms with Crippen LogP contribution in [0.5, 0.6) is 0 Å². The second-order valence-corrected chi connectivity index (χ2v) is 8.05. The molecule has 1 fully saturated rings. The van der Waals surface area contributed by atoms with Crippen molar-refractivity contribution >= 4 is 23.4 Å². The third-order valence-corrected chi connectivity index (χ3v) is 5.74. The molecule has 1 amide bonds. The van der Waals surface area contributed by atoms with Crippen molar-refractivity contribution in [3.05, 3.63) is 52.8 Å². The van der Waals surface area contributed by atoms with Gasteiger partial charge in [0.05, 0.1) is 0 Å². The Morgan fingerprint density at radius 1 is 1.32 bits per heavy atom. The van der Waals surface area contributed by atoms with E-state index in [1.807, 2.05) is 44.2 Å². The molecule has 8 heteroatoms. The molecule has 3 aromatic rings. The van der Waals surface area contributed by atoms with Crippen molar-refractivity contribution in [2.45, 2.75) is 43.6 Å². The highest BCUT2D eigenvalue weighted by atomic mass is 32.2. The van der Waals surface area contributed by atoms with Crippen LogP contribution in [-0.4, -0.2) is 44.6 Å². The van der Waals surface area contributed by atoms with Crippen LogP contribution in [0.25, 0.3) is 5.78 Å². The summed E-state index contributed by atoms with van der Waals surface area (Å²) in [7, 11) is 0. The van der Waals surface area contributed by atoms with Crippen molar-refractivity contribution in [1.29, 1.82) is 0 Å². The van der Waals surface area contributed by atoms with E-state index in [1.165, 1.54) is 11.8 Å². The number of hydrogen-bond donors (Lipinski definition) is 2. The van der Waals surface area contributed by atoms with E-state index in [2.05, 4.69) is 25.7 Å². The Kier molecular flexibility index (Phi) is 5.59. The first-order valence-corrected chi connectivity index (χ1v) is 10.5. The Balaban J connectivity index is 1.48. The minimum absolute atomic E-state index is 0.0130. The van der Waals surface area contributed by atoms with Gasteiger partial charge in [0.2, 0.25) is 5.16 Å². The summed E-state index contributed by atoms with van der Waals surface area (Å²) < 4.78 is 1.75. The van der Waals surface area contributed by atoms with Gasteiger partial charge in [0, 0.05) is 35.3 Å². The fraction of sp³-hybridized carbons (Fsp3) is 0.400. The molecular formula is C20H24N6OS. The summed E-state index contributed by atoms with van der Waals surface area (Å²) in [6, 6.07) is 9.91. The summed E-state index contributed by atoms with van der Waals surface area (Å²) in [5.74, 6) is 1.22. The van der Waals surface area contributed by atoms with E-state index in [0.717, 1.165) is 48.4 Å². The number of aromatic nitrogens is 4. The van der Waals surface area contributed by atoms with Gasteiger partial charge in [0.25, 0.3) is 11.7 Å². The van der Waals surface area contributed by atoms with Crippen LogP contribution in [0.1, 0.15) is 40.2 Å². The SMILES string of the molecule is Cc1cc(C)n2nc(SCc3ccccc3C(=O)N[C@H]3CCCNC3)nc2n1. The topological polar surface area (TPSA) is 84.2 Å². The molecule has 0 saturated carbocycles. The normalized spacial score (nSPS) is 17.0. The van der Waals surface area contributed by atoms with Crippen LogP contribution in [-0.2, 0) is 5.75 Å². The third-order valence-electron chi connectivity index (χ3n) is 4.85. The molecule has 1 saturated heterocycles. The minimum Gasteiger partial charge on any atom is -0.348 e. The van der Waals surface area contributed by atoms with Gasteiger partial charge in [-0.15, -0.1) is 5.10 Å². The zero-order valence-electron chi connectivity index (χ0n) is 16.1. The Labute approximate surface area is 168 Å². The number of fused-ring (bicyclic) bond motifs is 1. The highest BCUT2D eigenvalue weighted by Gasteiger charge is 2.18. The largest absolute Gasteiger partial charge is 0.348 e. The van der Waals surface area contributed by atoms with Crippen LogP contribution in [0.15, 0.2) is 35.5 Å². The van der Waals surface area contributed by atoms with Gasteiger partial charge in [-0.2, -0.15) is 4.98 Å². The number of aryl methyl sites for hydroxylation is 2. The molecule has 1 atom stereocenters. The molecule has 2 aromatic heterocycles. The zero-order valence-corrected chi connectivity index (χ0v) is 16.9. The van der Waals surface area contributed by atoms with Gasteiger partial charge in [0.15, 0.2) is 0 Å². The molecule has 4 rings (SSSR count). The molecule has 146 valence electrons. The van der Waals surface area contributed by atoms with Crippen LogP contribution in [0.3, 0.4) is 0 Å². The Hall–Kier alpha value is -2.45. The number of piperidine rings is 1. The van der Waals surface area contributed by atoms with Crippen LogP contribution >= 0.6 is 11.8 Å². The number of hydrogen-bond acceptors (Lipinski definition) is 6. The van der Waals surface area contributed by atoms with Crippen molar-refractivity contribution in [3.63, 3.8) is 0 Å². The predicted octanol–water partition coefficient (Wildman–Crippen LogP) is 2.52. The van der Waals surface area contributed by atoms with Gasteiger partial charge in [-0.05, 0) is 50.9 Å². The number of benzene rings is 1. The van der Waals surface area contributed by atoms with E-state index < -0.39 is 0 Å². The van der Waals surface area contributed by atoms with Crippen molar-refractivity contribution in [3.8, 4) is 0 Å². The Morgan fingerprint density at radius 2 is 2.18 bits per heavy atom. The molecule has 28 heavy (non-hydrogen) atoms. The highest BCUT2D eigenvalue weighted by molar-refractivity contribution is 7.98. The maximum atomic E-state index is 12.8. The molecular weight excluding hydrogens is 372 g/mol. The number of nitrogens with zero attached hydrogens (tertiary/aromatic N) is 4. The molecule has 2 N–H and O–H groups in total. The highest BCUT2D eigenvalue weighted by Crippen LogP contribution is 2.23. The lowest BCUT2D eigenvalue weighted by molar-refractivity contribution is 0.0930. The molecule has 0 spiro atoms. The van der Waals surface area contributed by atoms with Gasteiger partial charge in [-0.3, -0.25) is 4.79 Å². The first-order valence-electron chi connectivity index (χ1n) is 9.53. The van der Waals surface area contributed by atoms with E-state index in [9.17, 15) is 4.79 Å². The van der Waals surface area contributed by atoms with E-state index >= 15 is 0 Å². The maximum Gasteiger partial charge on any atom is 0.253 e. The number of rotatable bonds is 5. The summed E-state index contributed by atoms with van der Waals surface area (Å²) >= 11 is 1.52. The monoisotopic (exact) mass is 396 g/mol. The van der Waals surface area contributed by atoms with Gasteiger partial charge >= 0.3 is 0 Å². The lowest BCUT2D eigenvalue weighted by Crippen LogP contribution is -2.45. The number of carbonyl (C=O) groups excluding carboxylic acids is 1. The summed E-state index contributed by atoms with van der Waals surface area (Å²) in [5.41, 5.74) is 3.62. The van der Waals surface area contributed by atoms with Crippen molar-refractivity contribution < 1.29 is 4.79 Å². The second-order valence-electron chi connectivity index (χ2n) is 7.11. The summed E-state index contributed by atoms with van der Waals surface area (Å²) in [5, 5.41) is 11.7. The van der Waals surface area contributed by atoms with Crippen molar-refractivity contribution in [2.75, 3.05) is 13.1 Å². The molecule has 3 heterocycles. The maximum absolute atomic E-state index is 12.8. The van der Waals surface area contributed by atoms with Crippen LogP contribution < -0.4 is 10.6 Å². The Bertz CT molecular complexity index is 996. The fourth-order valence-electron chi connectivity index (χ4n) is 3.46. The molecule has 0 aliphatic carbocycles. The van der Waals surface area contributed by atoms with Crippen LogP contribution in [0.2, 0.25) is 0 Å². The number of nitrogens with one attached hydrogen (secondary N) is 2. The number of carbonyl (C=O) groups is 1. The first-order chi connectivity index (χ1) is 13.6. The lowest BCUT2D eigenvalue weighted by Gasteiger charge is -2.24. The molecule has 1 aliphatic rings. The fourth-order valence-corrected chi connectivity index (χ4v) is 4.28. The van der Waals surface area contributed by atoms with E-state index in [-0.39, 0.29) is 11.9 Å².